The molecule has 0 saturated heterocycles. The molecule has 0 unspecified atom stereocenters. The van der Waals surface area contributed by atoms with E-state index in [1.54, 1.807) is 0 Å². The molecule has 0 spiro atoms. The third kappa shape index (κ3) is 3.91. The fourth-order valence-electron chi connectivity index (χ4n) is 1.23. The number of alkyl halides is 3. The van der Waals surface area contributed by atoms with Crippen molar-refractivity contribution >= 4 is 5.97 Å². The van der Waals surface area contributed by atoms with E-state index >= 15 is 0 Å². The van der Waals surface area contributed by atoms with Gasteiger partial charge in [-0.2, -0.15) is 13.2 Å². The molecule has 0 fully saturated rings. The molecule has 1 rings (SSSR count). The SMILES string of the molecule is O=C([O-])Cc1c(F)c(F)c(C(F)(F)F)c(F)c1F.[K+]. The van der Waals surface area contributed by atoms with Crippen LogP contribution in [-0.4, -0.2) is 5.97 Å². The number of rotatable bonds is 2. The fraction of sp³-hybridized carbons (Fsp3) is 0.222. The van der Waals surface area contributed by atoms with Gasteiger partial charge in [-0.05, 0) is 0 Å². The molecule has 0 saturated carbocycles. The van der Waals surface area contributed by atoms with E-state index < -0.39 is 53.0 Å². The van der Waals surface area contributed by atoms with Crippen molar-refractivity contribution in [3.05, 3.63) is 34.4 Å². The van der Waals surface area contributed by atoms with Gasteiger partial charge in [-0.1, -0.05) is 0 Å². The topological polar surface area (TPSA) is 40.1 Å². The van der Waals surface area contributed by atoms with Crippen LogP contribution in [0.1, 0.15) is 11.1 Å². The van der Waals surface area contributed by atoms with Gasteiger partial charge in [-0.15, -0.1) is 0 Å². The van der Waals surface area contributed by atoms with Crippen molar-refractivity contribution in [1.29, 1.82) is 0 Å². The quantitative estimate of drug-likeness (QED) is 0.381. The number of benzene rings is 1. The largest absolute Gasteiger partial charge is 1.00 e. The van der Waals surface area contributed by atoms with Crippen LogP contribution >= 0.6 is 0 Å². The van der Waals surface area contributed by atoms with Crippen LogP contribution < -0.4 is 56.5 Å². The Labute approximate surface area is 144 Å². The molecule has 0 heterocycles. The molecule has 0 aliphatic rings. The van der Waals surface area contributed by atoms with Crippen LogP contribution in [0.5, 0.6) is 0 Å². The van der Waals surface area contributed by atoms with Crippen LogP contribution in [0.4, 0.5) is 30.7 Å². The van der Waals surface area contributed by atoms with Crippen molar-refractivity contribution in [1.82, 2.24) is 0 Å². The van der Waals surface area contributed by atoms with Gasteiger partial charge in [0.15, 0.2) is 23.3 Å². The first-order valence-corrected chi connectivity index (χ1v) is 4.19. The van der Waals surface area contributed by atoms with Crippen LogP contribution in [-0.2, 0) is 17.4 Å². The number of carboxylic acid groups (broad SMARTS) is 1. The summed E-state index contributed by atoms with van der Waals surface area (Å²) in [6, 6.07) is 0. The Bertz CT molecular complexity index is 483. The maximum atomic E-state index is 13.0. The van der Waals surface area contributed by atoms with Crippen molar-refractivity contribution in [3.63, 3.8) is 0 Å². The van der Waals surface area contributed by atoms with Crippen LogP contribution in [0.15, 0.2) is 0 Å². The molecule has 1 aromatic rings. The molecule has 0 aromatic heterocycles. The van der Waals surface area contributed by atoms with Gasteiger partial charge in [-0.3, -0.25) is 0 Å². The zero-order valence-corrected chi connectivity index (χ0v) is 12.3. The summed E-state index contributed by atoms with van der Waals surface area (Å²) in [5.41, 5.74) is -4.42. The number of hydrogen-bond acceptors (Lipinski definition) is 2. The molecule has 1 aromatic carbocycles. The van der Waals surface area contributed by atoms with Crippen LogP contribution in [0.25, 0.3) is 0 Å². The zero-order chi connectivity index (χ0) is 14.2. The fourth-order valence-corrected chi connectivity index (χ4v) is 1.23. The molecule has 19 heavy (non-hydrogen) atoms. The maximum absolute atomic E-state index is 13.0. The molecular formula is C9H2F7KO2. The van der Waals surface area contributed by atoms with Gasteiger partial charge in [0.25, 0.3) is 0 Å². The van der Waals surface area contributed by atoms with Crippen molar-refractivity contribution in [2.45, 2.75) is 12.6 Å². The van der Waals surface area contributed by atoms with E-state index in [9.17, 15) is 40.6 Å². The van der Waals surface area contributed by atoms with Crippen molar-refractivity contribution in [3.8, 4) is 0 Å². The Morgan fingerprint density at radius 3 is 1.58 bits per heavy atom. The molecule has 0 N–H and O–H groups in total. The summed E-state index contributed by atoms with van der Waals surface area (Å²) in [7, 11) is 0. The summed E-state index contributed by atoms with van der Waals surface area (Å²) >= 11 is 0. The minimum atomic E-state index is -5.66. The Morgan fingerprint density at radius 1 is 0.947 bits per heavy atom. The molecule has 0 aliphatic carbocycles. The normalized spacial score (nSPS) is 11.1. The van der Waals surface area contributed by atoms with E-state index in [1.807, 2.05) is 0 Å². The van der Waals surface area contributed by atoms with E-state index in [2.05, 4.69) is 0 Å². The summed E-state index contributed by atoms with van der Waals surface area (Å²) in [6.45, 7) is 0. The first-order valence-electron chi connectivity index (χ1n) is 4.19. The maximum Gasteiger partial charge on any atom is 1.00 e. The molecule has 0 aliphatic heterocycles. The minimum Gasteiger partial charge on any atom is -0.550 e. The Kier molecular flexibility index (Phi) is 6.47. The molecule has 0 radical (unpaired) electrons. The summed E-state index contributed by atoms with van der Waals surface area (Å²) in [5, 5.41) is 10.1. The average Bonchev–Trinajstić information content (AvgIpc) is 2.19. The second-order valence-corrected chi connectivity index (χ2v) is 3.16. The van der Waals surface area contributed by atoms with E-state index in [1.165, 1.54) is 0 Å². The van der Waals surface area contributed by atoms with E-state index in [0.29, 0.717) is 0 Å². The van der Waals surface area contributed by atoms with Gasteiger partial charge >= 0.3 is 57.6 Å². The second-order valence-electron chi connectivity index (χ2n) is 3.16. The molecule has 0 atom stereocenters. The third-order valence-corrected chi connectivity index (χ3v) is 1.96. The van der Waals surface area contributed by atoms with E-state index in [-0.39, 0.29) is 51.4 Å². The van der Waals surface area contributed by atoms with Crippen molar-refractivity contribution in [2.24, 2.45) is 0 Å². The molecule has 0 bridgehead atoms. The number of halogens is 7. The van der Waals surface area contributed by atoms with Crippen molar-refractivity contribution < 1.29 is 92.0 Å². The molecular weight excluding hydrogens is 312 g/mol. The standard InChI is InChI=1S/C9H3F7O2.K/c10-5-2(1-3(17)18)6(11)8(13)4(7(5)12)9(14,15)16;/h1H2,(H,17,18);/q;+1/p-1. The summed E-state index contributed by atoms with van der Waals surface area (Å²) in [4.78, 5) is 10.1. The molecule has 10 heteroatoms. The van der Waals surface area contributed by atoms with Crippen molar-refractivity contribution in [2.75, 3.05) is 0 Å². The minimum absolute atomic E-state index is 0. The van der Waals surface area contributed by atoms with Crippen LogP contribution in [0.2, 0.25) is 0 Å². The number of carbonyl (C=O) groups excluding carboxylic acids is 1. The second kappa shape index (κ2) is 6.52. The molecule has 0 amide bonds. The van der Waals surface area contributed by atoms with Gasteiger partial charge in [0, 0.05) is 18.0 Å². The molecule has 2 nitrogen and oxygen atoms in total. The van der Waals surface area contributed by atoms with Gasteiger partial charge in [-0.25, -0.2) is 17.6 Å². The van der Waals surface area contributed by atoms with E-state index in [0.717, 1.165) is 0 Å². The number of hydrogen-bond donors (Lipinski definition) is 0. The zero-order valence-electron chi connectivity index (χ0n) is 9.17. The van der Waals surface area contributed by atoms with Gasteiger partial charge in [0.1, 0.15) is 5.56 Å². The third-order valence-electron chi connectivity index (χ3n) is 1.96. The number of carboxylic acids is 1. The van der Waals surface area contributed by atoms with E-state index in [4.69, 9.17) is 0 Å². The van der Waals surface area contributed by atoms with Gasteiger partial charge in [0.05, 0.1) is 0 Å². The average molecular weight is 314 g/mol. The Morgan fingerprint density at radius 2 is 1.32 bits per heavy atom. The monoisotopic (exact) mass is 314 g/mol. The number of carbonyl (C=O) groups is 1. The number of aliphatic carboxylic acids is 1. The molecule has 100 valence electrons. The summed E-state index contributed by atoms with van der Waals surface area (Å²) in [5.74, 6) is -12.3. The predicted octanol–water partition coefficient (Wildman–Crippen LogP) is -1.44. The first kappa shape index (κ1) is 18.8. The van der Waals surface area contributed by atoms with Crippen LogP contribution in [0.3, 0.4) is 0 Å². The summed E-state index contributed by atoms with van der Waals surface area (Å²) in [6.07, 6.45) is -7.25. The Balaban J connectivity index is 0.00000324. The smallest absolute Gasteiger partial charge is 0.550 e. The first-order chi connectivity index (χ1) is 8.07. The van der Waals surface area contributed by atoms with Gasteiger partial charge in [0.2, 0.25) is 0 Å². The predicted molar refractivity (Wildman–Crippen MR) is 40.0 cm³/mol. The summed E-state index contributed by atoms with van der Waals surface area (Å²) < 4.78 is 88.3. The van der Waals surface area contributed by atoms with Crippen LogP contribution in [0, 0.1) is 23.3 Å². The Hall–Kier alpha value is -0.164. The van der Waals surface area contributed by atoms with Gasteiger partial charge < -0.3 is 9.90 Å².